The largest absolute Gasteiger partial charge is 0.479 e. The molecule has 0 radical (unpaired) electrons. The van der Waals surface area contributed by atoms with Crippen LogP contribution in [0, 0.1) is 0 Å². The van der Waals surface area contributed by atoms with Crippen molar-refractivity contribution in [1.82, 2.24) is 16.0 Å². The van der Waals surface area contributed by atoms with Gasteiger partial charge in [-0.1, -0.05) is 75.8 Å². The molecule has 0 saturated carbocycles. The lowest BCUT2D eigenvalue weighted by Crippen LogP contribution is -2.51. The Morgan fingerprint density at radius 1 is 0.897 bits per heavy atom. The summed E-state index contributed by atoms with van der Waals surface area (Å²) in [7, 11) is 0. The second-order valence-electron chi connectivity index (χ2n) is 9.94. The van der Waals surface area contributed by atoms with Crippen LogP contribution in [0.1, 0.15) is 71.3 Å². The van der Waals surface area contributed by atoms with Crippen molar-refractivity contribution in [3.8, 4) is 0 Å². The first kappa shape index (κ1) is 34.3. The molecule has 9 N–H and O–H groups in total. The molecule has 12 nitrogen and oxygen atoms in total. The minimum absolute atomic E-state index is 0.452. The highest BCUT2D eigenvalue weighted by molar-refractivity contribution is 6.00. The molecule has 0 spiro atoms. The molecule has 0 unspecified atom stereocenters. The summed E-state index contributed by atoms with van der Waals surface area (Å²) in [6.45, 7) is 7.15. The highest BCUT2D eigenvalue weighted by Gasteiger charge is 2.33. The van der Waals surface area contributed by atoms with Crippen molar-refractivity contribution in [2.24, 2.45) is 9.98 Å². The summed E-state index contributed by atoms with van der Waals surface area (Å²) in [5, 5.41) is 61.9. The third kappa shape index (κ3) is 14.3. The standard InChI is InChI=1S/C21H35N5.C6H12O7/c1-4-5-6-7-8-9-13-16-22-19-24-20(26-21(2,3)25-19)23-17-18-14-11-10-12-15-18;7-1-2(8)3(9)4(10)5(11)6(12)13/h10-12,14-15H,4-9,13,16-17H2,1-3H3,(H3,22,23,24,25,26);2-5,7-11H,1H2,(H,12,13)/t;2-,3-,4+,5-/m.1/s1. The van der Waals surface area contributed by atoms with Crippen LogP contribution in [0.25, 0.3) is 0 Å². The van der Waals surface area contributed by atoms with Crippen molar-refractivity contribution >= 4 is 17.9 Å². The zero-order chi connectivity index (χ0) is 29.3. The molecule has 0 saturated heterocycles. The average Bonchev–Trinajstić information content (AvgIpc) is 2.91. The van der Waals surface area contributed by atoms with Gasteiger partial charge < -0.3 is 41.3 Å². The van der Waals surface area contributed by atoms with Gasteiger partial charge in [-0.2, -0.15) is 0 Å². The SMILES string of the molecule is CCCCCCCCCNC1=NC(C)(C)N=C(NCc2ccccc2)N1.O=C(O)[C@H](O)[C@@H](O)[C@H](O)[C@H](O)CO. The Labute approximate surface area is 230 Å². The molecule has 0 aromatic heterocycles. The van der Waals surface area contributed by atoms with Crippen molar-refractivity contribution < 1.29 is 35.4 Å². The Hall–Kier alpha value is -2.77. The van der Waals surface area contributed by atoms with E-state index < -0.39 is 42.7 Å². The molecule has 0 bridgehead atoms. The molecular weight excluding hydrogens is 506 g/mol. The minimum Gasteiger partial charge on any atom is -0.479 e. The van der Waals surface area contributed by atoms with Crippen LogP contribution in [0.15, 0.2) is 40.3 Å². The Balaban J connectivity index is 0.000000495. The van der Waals surface area contributed by atoms with E-state index in [9.17, 15) is 4.79 Å². The molecule has 0 amide bonds. The van der Waals surface area contributed by atoms with Gasteiger partial charge in [0.25, 0.3) is 0 Å². The van der Waals surface area contributed by atoms with Gasteiger partial charge in [-0.25, -0.2) is 14.8 Å². The van der Waals surface area contributed by atoms with Gasteiger partial charge in [0, 0.05) is 13.1 Å². The number of carboxylic acids is 1. The zero-order valence-electron chi connectivity index (χ0n) is 23.3. The number of carbonyl (C=O) groups is 1. The Morgan fingerprint density at radius 3 is 2.03 bits per heavy atom. The number of unbranched alkanes of at least 4 members (excludes halogenated alkanes) is 6. The molecule has 1 aliphatic rings. The fraction of sp³-hybridized carbons (Fsp3) is 0.667. The van der Waals surface area contributed by atoms with E-state index in [2.05, 4.69) is 45.0 Å². The van der Waals surface area contributed by atoms with Crippen LogP contribution in [-0.4, -0.2) is 91.8 Å². The molecule has 1 heterocycles. The summed E-state index contributed by atoms with van der Waals surface area (Å²) in [5.41, 5.74) is 0.780. The number of rotatable bonds is 15. The van der Waals surface area contributed by atoms with E-state index in [1.807, 2.05) is 32.0 Å². The first-order chi connectivity index (χ1) is 18.5. The molecule has 39 heavy (non-hydrogen) atoms. The number of nitrogens with zero attached hydrogens (tertiary/aromatic N) is 2. The molecule has 4 atom stereocenters. The van der Waals surface area contributed by atoms with Gasteiger partial charge in [-0.05, 0) is 25.8 Å². The fourth-order valence-electron chi connectivity index (χ4n) is 3.65. The highest BCUT2D eigenvalue weighted by Crippen LogP contribution is 2.13. The van der Waals surface area contributed by atoms with E-state index in [0.29, 0.717) is 0 Å². The van der Waals surface area contributed by atoms with Crippen LogP contribution >= 0.6 is 0 Å². The van der Waals surface area contributed by atoms with Crippen LogP contribution in [0.5, 0.6) is 0 Å². The molecule has 12 heteroatoms. The molecule has 0 aliphatic carbocycles. The Bertz CT molecular complexity index is 883. The lowest BCUT2D eigenvalue weighted by molar-refractivity contribution is -0.164. The predicted octanol–water partition coefficient (Wildman–Crippen LogP) is 0.675. The average molecular weight is 554 g/mol. The van der Waals surface area contributed by atoms with Crippen molar-refractivity contribution in [1.29, 1.82) is 0 Å². The zero-order valence-corrected chi connectivity index (χ0v) is 23.3. The summed E-state index contributed by atoms with van der Waals surface area (Å²) in [4.78, 5) is 19.4. The molecule has 222 valence electrons. The summed E-state index contributed by atoms with van der Waals surface area (Å²) < 4.78 is 0. The van der Waals surface area contributed by atoms with Crippen molar-refractivity contribution in [2.45, 2.75) is 102 Å². The molecule has 1 aromatic rings. The molecule has 1 aliphatic heterocycles. The van der Waals surface area contributed by atoms with Gasteiger partial charge >= 0.3 is 5.97 Å². The third-order valence-corrected chi connectivity index (χ3v) is 5.89. The topological polar surface area (TPSA) is 199 Å². The number of aliphatic imine (C=N–C) groups is 2. The van der Waals surface area contributed by atoms with E-state index >= 15 is 0 Å². The van der Waals surface area contributed by atoms with Crippen molar-refractivity contribution in [3.63, 3.8) is 0 Å². The molecule has 1 aromatic carbocycles. The van der Waals surface area contributed by atoms with Gasteiger partial charge in [-0.15, -0.1) is 0 Å². The second kappa shape index (κ2) is 18.5. The van der Waals surface area contributed by atoms with Crippen molar-refractivity contribution in [3.05, 3.63) is 35.9 Å². The monoisotopic (exact) mass is 553 g/mol. The van der Waals surface area contributed by atoms with E-state index in [1.54, 1.807) is 0 Å². The molecule has 2 rings (SSSR count). The smallest absolute Gasteiger partial charge is 0.335 e. The highest BCUT2D eigenvalue weighted by atomic mass is 16.4. The minimum atomic E-state index is -2.20. The maximum absolute atomic E-state index is 10.1. The third-order valence-electron chi connectivity index (χ3n) is 5.89. The number of aliphatic hydroxyl groups excluding tert-OH is 5. The number of hydrogen-bond donors (Lipinski definition) is 9. The Morgan fingerprint density at radius 2 is 1.46 bits per heavy atom. The van der Waals surface area contributed by atoms with Crippen LogP contribution in [0.4, 0.5) is 0 Å². The predicted molar refractivity (Wildman–Crippen MR) is 150 cm³/mol. The first-order valence-corrected chi connectivity index (χ1v) is 13.5. The maximum atomic E-state index is 10.1. The summed E-state index contributed by atoms with van der Waals surface area (Å²) in [6.07, 6.45) is 1.36. The number of hydrogen-bond acceptors (Lipinski definition) is 11. The second-order valence-corrected chi connectivity index (χ2v) is 9.94. The van der Waals surface area contributed by atoms with E-state index in [1.165, 1.54) is 50.5 Å². The van der Waals surface area contributed by atoms with E-state index in [-0.39, 0.29) is 0 Å². The van der Waals surface area contributed by atoms with Gasteiger partial charge in [0.05, 0.1) is 6.61 Å². The lowest BCUT2D eigenvalue weighted by Gasteiger charge is -2.26. The van der Waals surface area contributed by atoms with Crippen LogP contribution in [0.3, 0.4) is 0 Å². The van der Waals surface area contributed by atoms with Gasteiger partial charge in [0.2, 0.25) is 11.9 Å². The lowest BCUT2D eigenvalue weighted by atomic mass is 10.0. The van der Waals surface area contributed by atoms with Gasteiger partial charge in [-0.3, -0.25) is 5.32 Å². The van der Waals surface area contributed by atoms with Crippen molar-refractivity contribution in [2.75, 3.05) is 13.2 Å². The first-order valence-electron chi connectivity index (χ1n) is 13.5. The van der Waals surface area contributed by atoms with Crippen LogP contribution in [0.2, 0.25) is 0 Å². The van der Waals surface area contributed by atoms with Crippen LogP contribution < -0.4 is 16.0 Å². The van der Waals surface area contributed by atoms with E-state index in [0.717, 1.165) is 25.0 Å². The summed E-state index contributed by atoms with van der Waals surface area (Å²) in [6, 6.07) is 10.3. The normalized spacial score (nSPS) is 17.2. The maximum Gasteiger partial charge on any atom is 0.335 e. The summed E-state index contributed by atoms with van der Waals surface area (Å²) >= 11 is 0. The van der Waals surface area contributed by atoms with Gasteiger partial charge in [0.15, 0.2) is 11.8 Å². The number of guanidine groups is 2. The van der Waals surface area contributed by atoms with Crippen LogP contribution in [-0.2, 0) is 11.3 Å². The Kier molecular flexibility index (Phi) is 16.3. The number of carboxylic acid groups (broad SMARTS) is 1. The van der Waals surface area contributed by atoms with E-state index in [4.69, 9.17) is 30.6 Å². The van der Waals surface area contributed by atoms with Gasteiger partial charge in [0.1, 0.15) is 18.3 Å². The quantitative estimate of drug-likeness (QED) is 0.139. The number of aliphatic carboxylic acids is 1. The molecular formula is C27H47N5O7. The fourth-order valence-corrected chi connectivity index (χ4v) is 3.65. The number of nitrogens with one attached hydrogen (secondary N) is 3. The number of aliphatic hydroxyl groups is 5. The molecule has 0 fully saturated rings. The number of benzene rings is 1. The summed E-state index contributed by atoms with van der Waals surface area (Å²) in [5.74, 6) is -0.140.